The Balaban J connectivity index is 1.47. The van der Waals surface area contributed by atoms with Crippen LogP contribution in [0.15, 0.2) is 48.5 Å². The van der Waals surface area contributed by atoms with Gasteiger partial charge in [0.15, 0.2) is 5.69 Å². The summed E-state index contributed by atoms with van der Waals surface area (Å²) in [4.78, 5) is 15.3. The van der Waals surface area contributed by atoms with Gasteiger partial charge in [-0.25, -0.2) is 4.68 Å². The Morgan fingerprint density at radius 1 is 1.00 bits per heavy atom. The summed E-state index contributed by atoms with van der Waals surface area (Å²) in [5.41, 5.74) is 0.0168. The highest BCUT2D eigenvalue weighted by molar-refractivity contribution is 6.08. The molecule has 2 heterocycles. The Kier molecular flexibility index (Phi) is 4.64. The number of halogens is 3. The van der Waals surface area contributed by atoms with E-state index in [0.717, 1.165) is 23.1 Å². The van der Waals surface area contributed by atoms with Gasteiger partial charge in [-0.1, -0.05) is 12.1 Å². The molecule has 1 N–H and O–H groups in total. The van der Waals surface area contributed by atoms with E-state index in [1.54, 1.807) is 29.2 Å². The molecule has 0 radical (unpaired) electrons. The normalized spacial score (nSPS) is 19.6. The molecule has 0 atom stereocenters. The number of carbonyl (C=O) groups excluding carboxylic acids is 1. The molecular weight excluding hydrogens is 459 g/mol. The van der Waals surface area contributed by atoms with Crippen LogP contribution in [0.1, 0.15) is 53.0 Å². The van der Waals surface area contributed by atoms with Crippen molar-refractivity contribution in [3.05, 3.63) is 71.0 Å². The van der Waals surface area contributed by atoms with E-state index in [9.17, 15) is 23.1 Å². The number of hydrogen-bond donors (Lipinski definition) is 1. The average Bonchev–Trinajstić information content (AvgIpc) is 3.78. The number of amides is 1. The number of rotatable bonds is 5. The monoisotopic (exact) mass is 483 g/mol. The standard InChI is InChI=1S/C26H24F3N3O3/c1-35-19-8-6-18(7-9-19)32-21-20(22(30-32)26(27,28)29)24(10-11-24)14-31(23(21)34)17-4-2-16(3-5-17)25(15-33)12-13-25/h2-9,33H,10-15H2,1H3. The van der Waals surface area contributed by atoms with E-state index < -0.39 is 23.2 Å². The van der Waals surface area contributed by atoms with Crippen LogP contribution in [0.25, 0.3) is 5.69 Å². The van der Waals surface area contributed by atoms with Crippen molar-refractivity contribution in [1.29, 1.82) is 0 Å². The van der Waals surface area contributed by atoms with Gasteiger partial charge in [-0.2, -0.15) is 18.3 Å². The van der Waals surface area contributed by atoms with E-state index >= 15 is 0 Å². The number of alkyl halides is 3. The lowest BCUT2D eigenvalue weighted by atomic mass is 9.87. The van der Waals surface area contributed by atoms with Gasteiger partial charge < -0.3 is 14.7 Å². The third-order valence-corrected chi connectivity index (χ3v) is 7.71. The maximum absolute atomic E-state index is 14.1. The van der Waals surface area contributed by atoms with Crippen molar-refractivity contribution in [2.24, 2.45) is 0 Å². The van der Waals surface area contributed by atoms with Crippen LogP contribution in [0.3, 0.4) is 0 Å². The number of carbonyl (C=O) groups is 1. The molecule has 1 aliphatic heterocycles. The number of ether oxygens (including phenoxy) is 1. The van der Waals surface area contributed by atoms with Crippen LogP contribution in [-0.2, 0) is 17.0 Å². The minimum absolute atomic E-state index is 0.0101. The molecule has 3 aliphatic rings. The van der Waals surface area contributed by atoms with Crippen molar-refractivity contribution >= 4 is 11.6 Å². The SMILES string of the molecule is COc1ccc(-n2nc(C(F)(F)F)c3c2C(=O)N(c2ccc(C4(CO)CC4)cc2)CC32CC2)cc1. The quantitative estimate of drug-likeness (QED) is 0.575. The molecule has 1 amide bonds. The summed E-state index contributed by atoms with van der Waals surface area (Å²) in [6.07, 6.45) is -1.72. The molecule has 2 aliphatic carbocycles. The molecule has 35 heavy (non-hydrogen) atoms. The molecule has 2 saturated carbocycles. The molecule has 2 aromatic carbocycles. The number of aliphatic hydroxyl groups excluding tert-OH is 1. The number of benzene rings is 2. The predicted molar refractivity (Wildman–Crippen MR) is 122 cm³/mol. The molecule has 182 valence electrons. The van der Waals surface area contributed by atoms with Crippen LogP contribution >= 0.6 is 0 Å². The fraction of sp³-hybridized carbons (Fsp3) is 0.385. The minimum atomic E-state index is -4.68. The number of nitrogens with zero attached hydrogens (tertiary/aromatic N) is 3. The summed E-state index contributed by atoms with van der Waals surface area (Å²) in [5, 5.41) is 13.7. The van der Waals surface area contributed by atoms with Gasteiger partial charge in [0, 0.05) is 28.6 Å². The van der Waals surface area contributed by atoms with Crippen LogP contribution in [0.2, 0.25) is 0 Å². The molecule has 6 rings (SSSR count). The number of fused-ring (bicyclic) bond motifs is 2. The molecule has 0 saturated heterocycles. The molecule has 2 fully saturated rings. The van der Waals surface area contributed by atoms with Crippen LogP contribution < -0.4 is 9.64 Å². The summed E-state index contributed by atoms with van der Waals surface area (Å²) in [6, 6.07) is 13.9. The fourth-order valence-corrected chi connectivity index (χ4v) is 5.26. The second-order valence-electron chi connectivity index (χ2n) is 9.84. The second kappa shape index (κ2) is 7.34. The van der Waals surface area contributed by atoms with Crippen molar-refractivity contribution in [2.75, 3.05) is 25.2 Å². The number of aliphatic hydroxyl groups is 1. The Morgan fingerprint density at radius 2 is 1.63 bits per heavy atom. The highest BCUT2D eigenvalue weighted by Crippen LogP contribution is 2.56. The van der Waals surface area contributed by atoms with E-state index in [1.807, 2.05) is 24.3 Å². The van der Waals surface area contributed by atoms with Gasteiger partial charge in [0.2, 0.25) is 0 Å². The number of aromatic nitrogens is 2. The molecule has 9 heteroatoms. The summed E-state index contributed by atoms with van der Waals surface area (Å²) >= 11 is 0. The summed E-state index contributed by atoms with van der Waals surface area (Å²) in [7, 11) is 1.50. The maximum atomic E-state index is 14.1. The number of methoxy groups -OCH3 is 1. The topological polar surface area (TPSA) is 67.6 Å². The van der Waals surface area contributed by atoms with Crippen molar-refractivity contribution in [1.82, 2.24) is 9.78 Å². The van der Waals surface area contributed by atoms with Crippen molar-refractivity contribution < 1.29 is 27.8 Å². The molecular formula is C26H24F3N3O3. The van der Waals surface area contributed by atoms with E-state index in [0.29, 0.717) is 30.0 Å². The maximum Gasteiger partial charge on any atom is 0.435 e. The summed E-state index contributed by atoms with van der Waals surface area (Å²) in [6.45, 7) is 0.253. The molecule has 1 aromatic heterocycles. The van der Waals surface area contributed by atoms with Crippen LogP contribution in [0, 0.1) is 0 Å². The van der Waals surface area contributed by atoms with Gasteiger partial charge in [0.1, 0.15) is 11.4 Å². The highest BCUT2D eigenvalue weighted by Gasteiger charge is 2.58. The first-order chi connectivity index (χ1) is 16.7. The number of hydrogen-bond acceptors (Lipinski definition) is 4. The first-order valence-electron chi connectivity index (χ1n) is 11.6. The van der Waals surface area contributed by atoms with Crippen molar-refractivity contribution in [2.45, 2.75) is 42.7 Å². The van der Waals surface area contributed by atoms with Gasteiger partial charge in [-0.3, -0.25) is 4.79 Å². The molecule has 1 spiro atoms. The van der Waals surface area contributed by atoms with Crippen LogP contribution in [0.5, 0.6) is 5.75 Å². The zero-order valence-electron chi connectivity index (χ0n) is 19.1. The summed E-state index contributed by atoms with van der Waals surface area (Å²) in [5.74, 6) is 0.0428. The lowest BCUT2D eigenvalue weighted by Crippen LogP contribution is -2.44. The Bertz CT molecular complexity index is 1300. The van der Waals surface area contributed by atoms with E-state index in [4.69, 9.17) is 4.74 Å². The Hall–Kier alpha value is -3.33. The van der Waals surface area contributed by atoms with Gasteiger partial charge in [-0.15, -0.1) is 0 Å². The third-order valence-electron chi connectivity index (χ3n) is 7.71. The molecule has 0 bridgehead atoms. The van der Waals surface area contributed by atoms with E-state index in [2.05, 4.69) is 5.10 Å². The van der Waals surface area contributed by atoms with Gasteiger partial charge >= 0.3 is 6.18 Å². The number of anilines is 1. The Morgan fingerprint density at radius 3 is 2.14 bits per heavy atom. The highest BCUT2D eigenvalue weighted by atomic mass is 19.4. The lowest BCUT2D eigenvalue weighted by Gasteiger charge is -2.34. The van der Waals surface area contributed by atoms with Crippen molar-refractivity contribution in [3.8, 4) is 11.4 Å². The molecule has 0 unspecified atom stereocenters. The van der Waals surface area contributed by atoms with E-state index in [-0.39, 0.29) is 29.8 Å². The van der Waals surface area contributed by atoms with E-state index in [1.165, 1.54) is 7.11 Å². The van der Waals surface area contributed by atoms with Gasteiger partial charge in [-0.05, 0) is 67.6 Å². The summed E-state index contributed by atoms with van der Waals surface area (Å²) < 4.78 is 48.6. The lowest BCUT2D eigenvalue weighted by molar-refractivity contribution is -0.142. The Labute approximate surface area is 199 Å². The average molecular weight is 483 g/mol. The zero-order chi connectivity index (χ0) is 24.6. The first kappa shape index (κ1) is 22.2. The molecule has 6 nitrogen and oxygen atoms in total. The predicted octanol–water partition coefficient (Wildman–Crippen LogP) is 4.62. The van der Waals surface area contributed by atoms with Crippen molar-refractivity contribution in [3.63, 3.8) is 0 Å². The largest absolute Gasteiger partial charge is 0.497 e. The van der Waals surface area contributed by atoms with Gasteiger partial charge in [0.05, 0.1) is 19.4 Å². The van der Waals surface area contributed by atoms with Gasteiger partial charge in [0.25, 0.3) is 5.91 Å². The molecule has 3 aromatic rings. The van der Waals surface area contributed by atoms with Crippen LogP contribution in [-0.4, -0.2) is 41.1 Å². The first-order valence-corrected chi connectivity index (χ1v) is 11.6. The third kappa shape index (κ3) is 3.36. The fourth-order valence-electron chi connectivity index (χ4n) is 5.26. The van der Waals surface area contributed by atoms with Crippen LogP contribution in [0.4, 0.5) is 18.9 Å². The zero-order valence-corrected chi connectivity index (χ0v) is 19.1. The minimum Gasteiger partial charge on any atom is -0.497 e. The smallest absolute Gasteiger partial charge is 0.435 e. The second-order valence-corrected chi connectivity index (χ2v) is 9.84.